The molecule has 0 spiro atoms. The molecule has 2 N–H and O–H groups in total. The Labute approximate surface area is 214 Å². The Kier molecular flexibility index (Phi) is 7.55. The molecule has 0 bridgehead atoms. The third-order valence-corrected chi connectivity index (χ3v) is 7.15. The van der Waals surface area contributed by atoms with E-state index in [1.807, 2.05) is 35.5 Å². The minimum Gasteiger partial charge on any atom is -0.475 e. The zero-order chi connectivity index (χ0) is 25.9. The number of hydrogen-bond donors (Lipinski definition) is 2. The number of halogens is 4. The van der Waals surface area contributed by atoms with Gasteiger partial charge in [-0.15, -0.1) is 0 Å². The molecule has 0 unspecified atom stereocenters. The van der Waals surface area contributed by atoms with Crippen molar-refractivity contribution in [2.45, 2.75) is 25.1 Å². The molecule has 0 aromatic carbocycles. The Hall–Kier alpha value is -3.51. The topological polar surface area (TPSA) is 137 Å². The fraction of sp³-hybridized carbons (Fsp3) is 0.333. The van der Waals surface area contributed by atoms with E-state index < -0.39 is 12.1 Å². The lowest BCUT2D eigenvalue weighted by Crippen LogP contribution is -2.24. The van der Waals surface area contributed by atoms with Gasteiger partial charge in [-0.1, -0.05) is 11.3 Å². The number of aromatic amines is 1. The average molecular weight is 583 g/mol. The predicted octanol–water partition coefficient (Wildman–Crippen LogP) is 4.65. The summed E-state index contributed by atoms with van der Waals surface area (Å²) in [5, 5.41) is 23.1. The SMILES string of the molecule is N#CC[C@@H]([C@H]1CCN(c2ncc(Br)s2)C1)n1cc(-c2ncnc3[nH]ccc23)cn1.O=C(O)C(F)(F)F. The number of alkyl halides is 3. The van der Waals surface area contributed by atoms with Crippen LogP contribution < -0.4 is 4.90 Å². The van der Waals surface area contributed by atoms with E-state index in [1.54, 1.807) is 17.7 Å². The van der Waals surface area contributed by atoms with Crippen LogP contribution in [0.5, 0.6) is 0 Å². The van der Waals surface area contributed by atoms with E-state index in [0.29, 0.717) is 12.3 Å². The highest BCUT2D eigenvalue weighted by Crippen LogP contribution is 2.36. The highest BCUT2D eigenvalue weighted by Gasteiger charge is 2.38. The van der Waals surface area contributed by atoms with Crippen LogP contribution in [0.15, 0.2) is 41.0 Å². The summed E-state index contributed by atoms with van der Waals surface area (Å²) in [6.45, 7) is 1.81. The molecule has 15 heteroatoms. The van der Waals surface area contributed by atoms with Gasteiger partial charge in [0.1, 0.15) is 12.0 Å². The van der Waals surface area contributed by atoms with Crippen molar-refractivity contribution in [3.05, 3.63) is 41.0 Å². The number of hydrogen-bond acceptors (Lipinski definition) is 8. The summed E-state index contributed by atoms with van der Waals surface area (Å²) >= 11 is 5.12. The van der Waals surface area contributed by atoms with Gasteiger partial charge in [-0.25, -0.2) is 19.7 Å². The molecular formula is C21H18BrF3N8O2S. The third kappa shape index (κ3) is 5.65. The van der Waals surface area contributed by atoms with Crippen molar-refractivity contribution in [2.24, 2.45) is 5.92 Å². The van der Waals surface area contributed by atoms with Crippen LogP contribution in [-0.2, 0) is 4.79 Å². The number of carbonyl (C=O) groups is 1. The van der Waals surface area contributed by atoms with Gasteiger partial charge in [0.2, 0.25) is 0 Å². The molecule has 0 saturated carbocycles. The number of nitriles is 1. The number of carboxylic acid groups (broad SMARTS) is 1. The number of aromatic nitrogens is 6. The number of thiazole rings is 1. The van der Waals surface area contributed by atoms with Crippen LogP contribution in [0.3, 0.4) is 0 Å². The zero-order valence-electron chi connectivity index (χ0n) is 18.4. The Morgan fingerprint density at radius 2 is 2.14 bits per heavy atom. The van der Waals surface area contributed by atoms with Crippen LogP contribution >= 0.6 is 27.3 Å². The van der Waals surface area contributed by atoms with Crippen LogP contribution in [0.4, 0.5) is 18.3 Å². The van der Waals surface area contributed by atoms with E-state index in [2.05, 4.69) is 51.9 Å². The molecule has 4 aromatic rings. The molecule has 10 nitrogen and oxygen atoms in total. The van der Waals surface area contributed by atoms with E-state index in [0.717, 1.165) is 50.7 Å². The van der Waals surface area contributed by atoms with Gasteiger partial charge in [0.05, 0.1) is 40.4 Å². The van der Waals surface area contributed by atoms with Gasteiger partial charge in [-0.3, -0.25) is 4.68 Å². The molecule has 5 heterocycles. The quantitative estimate of drug-likeness (QED) is 0.347. The summed E-state index contributed by atoms with van der Waals surface area (Å²) in [7, 11) is 0. The number of nitrogens with one attached hydrogen (secondary N) is 1. The maximum atomic E-state index is 10.6. The minimum atomic E-state index is -5.08. The molecule has 188 valence electrons. The highest BCUT2D eigenvalue weighted by atomic mass is 79.9. The smallest absolute Gasteiger partial charge is 0.475 e. The van der Waals surface area contributed by atoms with Gasteiger partial charge in [0, 0.05) is 42.4 Å². The first-order valence-electron chi connectivity index (χ1n) is 10.5. The second-order valence-corrected chi connectivity index (χ2v) is 10.2. The Balaban J connectivity index is 0.000000384. The second-order valence-electron chi connectivity index (χ2n) is 7.85. The monoisotopic (exact) mass is 582 g/mol. The molecule has 1 aliphatic rings. The zero-order valence-corrected chi connectivity index (χ0v) is 20.8. The largest absolute Gasteiger partial charge is 0.490 e. The summed E-state index contributed by atoms with van der Waals surface area (Å²) in [6.07, 6.45) is 5.42. The van der Waals surface area contributed by atoms with E-state index in [9.17, 15) is 18.4 Å². The van der Waals surface area contributed by atoms with Crippen molar-refractivity contribution < 1.29 is 23.1 Å². The second kappa shape index (κ2) is 10.6. The van der Waals surface area contributed by atoms with Crippen molar-refractivity contribution in [3.8, 4) is 17.3 Å². The fourth-order valence-electron chi connectivity index (χ4n) is 3.98. The number of aliphatic carboxylic acids is 1. The van der Waals surface area contributed by atoms with Crippen LogP contribution in [-0.4, -0.2) is 60.1 Å². The lowest BCUT2D eigenvalue weighted by Gasteiger charge is -2.22. The predicted molar refractivity (Wildman–Crippen MR) is 128 cm³/mol. The molecule has 4 aromatic heterocycles. The summed E-state index contributed by atoms with van der Waals surface area (Å²) in [4.78, 5) is 27.5. The lowest BCUT2D eigenvalue weighted by atomic mass is 9.96. The molecular weight excluding hydrogens is 565 g/mol. The van der Waals surface area contributed by atoms with Crippen molar-refractivity contribution in [2.75, 3.05) is 18.0 Å². The molecule has 5 rings (SSSR count). The van der Waals surface area contributed by atoms with Gasteiger partial charge >= 0.3 is 12.1 Å². The minimum absolute atomic E-state index is 0.0192. The van der Waals surface area contributed by atoms with Crippen LogP contribution in [0.1, 0.15) is 18.9 Å². The lowest BCUT2D eigenvalue weighted by molar-refractivity contribution is -0.192. The third-order valence-electron chi connectivity index (χ3n) is 5.62. The molecule has 0 radical (unpaired) electrons. The maximum Gasteiger partial charge on any atom is 0.490 e. The Morgan fingerprint density at radius 1 is 1.36 bits per heavy atom. The van der Waals surface area contributed by atoms with E-state index in [4.69, 9.17) is 9.90 Å². The standard InChI is InChI=1S/C19H17BrN8S.C2HF3O2/c20-16-8-23-19(29-16)27-6-3-12(9-27)15(1-4-21)28-10-13(7-26-28)17-14-2-5-22-18(14)25-11-24-17;3-2(4,5)1(6)7/h2,5,7-8,10-12,15H,1,3,6,9H2,(H,22,24,25);(H,6,7)/t12-,15-;/m0./s1. The first-order valence-corrected chi connectivity index (χ1v) is 12.1. The highest BCUT2D eigenvalue weighted by molar-refractivity contribution is 9.11. The van der Waals surface area contributed by atoms with E-state index in [1.165, 1.54) is 0 Å². The van der Waals surface area contributed by atoms with Crippen LogP contribution in [0.25, 0.3) is 22.3 Å². The molecule has 36 heavy (non-hydrogen) atoms. The van der Waals surface area contributed by atoms with Crippen molar-refractivity contribution in [1.82, 2.24) is 29.7 Å². The summed E-state index contributed by atoms with van der Waals surface area (Å²) in [6, 6.07) is 4.33. The van der Waals surface area contributed by atoms with E-state index >= 15 is 0 Å². The molecule has 1 aliphatic heterocycles. The fourth-order valence-corrected chi connectivity index (χ4v) is 5.20. The van der Waals surface area contributed by atoms with Crippen molar-refractivity contribution in [3.63, 3.8) is 0 Å². The molecule has 0 aliphatic carbocycles. The number of H-pyrrole nitrogens is 1. The van der Waals surface area contributed by atoms with Crippen molar-refractivity contribution in [1.29, 1.82) is 5.26 Å². The molecule has 0 amide bonds. The molecule has 2 atom stereocenters. The maximum absolute atomic E-state index is 10.6. The Bertz CT molecular complexity index is 1400. The van der Waals surface area contributed by atoms with E-state index in [-0.39, 0.29) is 6.04 Å². The molecule has 1 saturated heterocycles. The van der Waals surface area contributed by atoms with Gasteiger partial charge in [0.15, 0.2) is 5.13 Å². The number of carboxylic acids is 1. The Morgan fingerprint density at radius 3 is 2.81 bits per heavy atom. The summed E-state index contributed by atoms with van der Waals surface area (Å²) in [5.41, 5.74) is 2.58. The number of rotatable bonds is 5. The van der Waals surface area contributed by atoms with Gasteiger partial charge < -0.3 is 15.0 Å². The molecule has 1 fully saturated rings. The van der Waals surface area contributed by atoms with Crippen LogP contribution in [0, 0.1) is 17.2 Å². The van der Waals surface area contributed by atoms with Crippen LogP contribution in [0.2, 0.25) is 0 Å². The van der Waals surface area contributed by atoms with Gasteiger partial charge in [0.25, 0.3) is 0 Å². The van der Waals surface area contributed by atoms with Crippen molar-refractivity contribution >= 4 is 49.4 Å². The number of anilines is 1. The average Bonchev–Trinajstić information content (AvgIpc) is 3.63. The normalized spacial score (nSPS) is 16.4. The number of fused-ring (bicyclic) bond motifs is 1. The first kappa shape index (κ1) is 25.6. The summed E-state index contributed by atoms with van der Waals surface area (Å²) < 4.78 is 34.7. The van der Waals surface area contributed by atoms with Gasteiger partial charge in [-0.2, -0.15) is 23.5 Å². The summed E-state index contributed by atoms with van der Waals surface area (Å²) in [5.74, 6) is -2.42. The first-order chi connectivity index (χ1) is 17.2. The number of nitrogens with zero attached hydrogens (tertiary/aromatic N) is 7. The van der Waals surface area contributed by atoms with Gasteiger partial charge in [-0.05, 0) is 28.4 Å².